The van der Waals surface area contributed by atoms with Crippen LogP contribution in [0.3, 0.4) is 0 Å². The molecule has 1 unspecified atom stereocenters. The first-order valence-electron chi connectivity index (χ1n) is 9.35. The standard InChI is InChI=1S/C20H21N5O4/c1-28-15-8-3-2-7-14(15)17-21-20(24-23-17)22-18(26)13-6-4-10-25(12-13)19(27)16-9-5-11-29-16/h2-3,5,7-9,11,13H,4,6,10,12H2,1H3,(H2,21,22,23,24,26). The average molecular weight is 395 g/mol. The molecule has 0 bridgehead atoms. The van der Waals surface area contributed by atoms with Crippen molar-refractivity contribution in [3.63, 3.8) is 0 Å². The molecule has 2 N–H and O–H groups in total. The molecule has 150 valence electrons. The summed E-state index contributed by atoms with van der Waals surface area (Å²) in [5, 5.41) is 9.64. The van der Waals surface area contributed by atoms with Crippen molar-refractivity contribution in [2.45, 2.75) is 12.8 Å². The first-order chi connectivity index (χ1) is 14.2. The third-order valence-corrected chi connectivity index (χ3v) is 4.89. The first-order valence-corrected chi connectivity index (χ1v) is 9.35. The summed E-state index contributed by atoms with van der Waals surface area (Å²) < 4.78 is 10.5. The number of likely N-dealkylation sites (tertiary alicyclic amines) is 1. The maximum absolute atomic E-state index is 12.7. The van der Waals surface area contributed by atoms with Crippen molar-refractivity contribution in [2.75, 3.05) is 25.5 Å². The van der Waals surface area contributed by atoms with E-state index in [1.165, 1.54) is 6.26 Å². The minimum atomic E-state index is -0.337. The second-order valence-corrected chi connectivity index (χ2v) is 6.76. The van der Waals surface area contributed by atoms with Crippen LogP contribution in [0.5, 0.6) is 5.75 Å². The number of hydrogen-bond donors (Lipinski definition) is 2. The number of ether oxygens (including phenoxy) is 1. The van der Waals surface area contributed by atoms with Gasteiger partial charge in [-0.1, -0.05) is 12.1 Å². The normalized spacial score (nSPS) is 16.4. The van der Waals surface area contributed by atoms with Crippen LogP contribution < -0.4 is 10.1 Å². The van der Waals surface area contributed by atoms with Gasteiger partial charge >= 0.3 is 0 Å². The average Bonchev–Trinajstić information content (AvgIpc) is 3.45. The van der Waals surface area contributed by atoms with Crippen LogP contribution in [0.4, 0.5) is 5.95 Å². The Balaban J connectivity index is 1.42. The van der Waals surface area contributed by atoms with Crippen LogP contribution >= 0.6 is 0 Å². The number of benzene rings is 1. The number of nitrogens with one attached hydrogen (secondary N) is 2. The Kier molecular flexibility index (Phi) is 5.28. The number of hydrogen-bond acceptors (Lipinski definition) is 6. The zero-order valence-corrected chi connectivity index (χ0v) is 15.9. The highest BCUT2D eigenvalue weighted by Crippen LogP contribution is 2.27. The molecule has 9 nitrogen and oxygen atoms in total. The molecule has 0 saturated carbocycles. The van der Waals surface area contributed by atoms with E-state index in [-0.39, 0.29) is 29.4 Å². The number of rotatable bonds is 5. The van der Waals surface area contributed by atoms with Crippen LogP contribution in [0.1, 0.15) is 23.4 Å². The predicted octanol–water partition coefficient (Wildman–Crippen LogP) is 2.56. The number of amides is 2. The number of nitrogens with zero attached hydrogens (tertiary/aromatic N) is 3. The molecule has 2 amide bonds. The zero-order chi connectivity index (χ0) is 20.2. The quantitative estimate of drug-likeness (QED) is 0.686. The molecular weight excluding hydrogens is 374 g/mol. The summed E-state index contributed by atoms with van der Waals surface area (Å²) in [7, 11) is 1.58. The molecule has 1 aromatic carbocycles. The van der Waals surface area contributed by atoms with E-state index in [0.717, 1.165) is 12.0 Å². The SMILES string of the molecule is COc1ccccc1-c1nc(NC(=O)C2CCCN(C(=O)c3ccco3)C2)n[nH]1. The molecule has 29 heavy (non-hydrogen) atoms. The van der Waals surface area contributed by atoms with Crippen LogP contribution in [0, 0.1) is 5.92 Å². The Morgan fingerprint density at radius 3 is 2.93 bits per heavy atom. The number of carbonyl (C=O) groups is 2. The van der Waals surface area contributed by atoms with Crippen molar-refractivity contribution in [2.24, 2.45) is 5.92 Å². The lowest BCUT2D eigenvalue weighted by Crippen LogP contribution is -2.43. The predicted molar refractivity (Wildman–Crippen MR) is 104 cm³/mol. The Morgan fingerprint density at radius 1 is 1.28 bits per heavy atom. The van der Waals surface area contributed by atoms with Gasteiger partial charge in [0.15, 0.2) is 11.6 Å². The van der Waals surface area contributed by atoms with Gasteiger partial charge in [0.1, 0.15) is 5.75 Å². The number of para-hydroxylation sites is 1. The topological polar surface area (TPSA) is 113 Å². The smallest absolute Gasteiger partial charge is 0.289 e. The van der Waals surface area contributed by atoms with Crippen molar-refractivity contribution in [3.05, 3.63) is 48.4 Å². The molecule has 1 atom stereocenters. The summed E-state index contributed by atoms with van der Waals surface area (Å²) in [6.07, 6.45) is 2.90. The monoisotopic (exact) mass is 395 g/mol. The van der Waals surface area contributed by atoms with E-state index in [4.69, 9.17) is 9.15 Å². The molecule has 1 fully saturated rings. The number of methoxy groups -OCH3 is 1. The highest BCUT2D eigenvalue weighted by molar-refractivity contribution is 5.94. The van der Waals surface area contributed by atoms with E-state index < -0.39 is 0 Å². The molecule has 2 aromatic heterocycles. The van der Waals surface area contributed by atoms with Gasteiger partial charge in [0.25, 0.3) is 5.91 Å². The van der Waals surface area contributed by atoms with Crippen LogP contribution in [-0.2, 0) is 4.79 Å². The molecule has 3 aromatic rings. The molecule has 0 aliphatic carbocycles. The van der Waals surface area contributed by atoms with Gasteiger partial charge in [-0.25, -0.2) is 0 Å². The molecule has 1 saturated heterocycles. The number of anilines is 1. The summed E-state index contributed by atoms with van der Waals surface area (Å²) in [6, 6.07) is 10.7. The molecular formula is C20H21N5O4. The number of carbonyl (C=O) groups excluding carboxylic acids is 2. The van der Waals surface area contributed by atoms with E-state index in [2.05, 4.69) is 20.5 Å². The number of aromatic amines is 1. The van der Waals surface area contributed by atoms with Crippen LogP contribution in [-0.4, -0.2) is 52.1 Å². The summed E-state index contributed by atoms with van der Waals surface area (Å²) >= 11 is 0. The van der Waals surface area contributed by atoms with Crippen molar-refractivity contribution in [1.29, 1.82) is 0 Å². The fraction of sp³-hybridized carbons (Fsp3) is 0.300. The summed E-state index contributed by atoms with van der Waals surface area (Å²) in [4.78, 5) is 31.2. The summed E-state index contributed by atoms with van der Waals surface area (Å²) in [5.74, 6) is 0.857. The lowest BCUT2D eigenvalue weighted by molar-refractivity contribution is -0.121. The van der Waals surface area contributed by atoms with E-state index in [0.29, 0.717) is 31.1 Å². The minimum Gasteiger partial charge on any atom is -0.496 e. The Labute approximate surface area is 167 Å². The maximum atomic E-state index is 12.7. The first kappa shape index (κ1) is 18.7. The van der Waals surface area contributed by atoms with Gasteiger partial charge in [-0.05, 0) is 37.1 Å². The van der Waals surface area contributed by atoms with Crippen molar-refractivity contribution in [1.82, 2.24) is 20.1 Å². The van der Waals surface area contributed by atoms with E-state index in [9.17, 15) is 9.59 Å². The molecule has 4 rings (SSSR count). The van der Waals surface area contributed by atoms with Gasteiger partial charge < -0.3 is 14.1 Å². The second-order valence-electron chi connectivity index (χ2n) is 6.76. The molecule has 9 heteroatoms. The van der Waals surface area contributed by atoms with Gasteiger partial charge in [0, 0.05) is 13.1 Å². The highest BCUT2D eigenvalue weighted by atomic mass is 16.5. The van der Waals surface area contributed by atoms with E-state index in [1.54, 1.807) is 24.1 Å². The highest BCUT2D eigenvalue weighted by Gasteiger charge is 2.30. The molecule has 0 radical (unpaired) electrons. The van der Waals surface area contributed by atoms with Crippen molar-refractivity contribution >= 4 is 17.8 Å². The van der Waals surface area contributed by atoms with Gasteiger partial charge in [-0.3, -0.25) is 20.0 Å². The van der Waals surface area contributed by atoms with E-state index >= 15 is 0 Å². The van der Waals surface area contributed by atoms with Gasteiger partial charge in [-0.2, -0.15) is 4.98 Å². The third-order valence-electron chi connectivity index (χ3n) is 4.89. The lowest BCUT2D eigenvalue weighted by atomic mass is 9.97. The van der Waals surface area contributed by atoms with Gasteiger partial charge in [0.05, 0.1) is 24.9 Å². The molecule has 0 spiro atoms. The molecule has 3 heterocycles. The zero-order valence-electron chi connectivity index (χ0n) is 15.9. The third kappa shape index (κ3) is 3.98. The minimum absolute atomic E-state index is 0.186. The van der Waals surface area contributed by atoms with Gasteiger partial charge in [0.2, 0.25) is 11.9 Å². The number of aromatic nitrogens is 3. The number of piperidine rings is 1. The second kappa shape index (κ2) is 8.17. The number of H-pyrrole nitrogens is 1. The maximum Gasteiger partial charge on any atom is 0.289 e. The Hall–Kier alpha value is -3.62. The Morgan fingerprint density at radius 2 is 2.14 bits per heavy atom. The van der Waals surface area contributed by atoms with Crippen LogP contribution in [0.25, 0.3) is 11.4 Å². The van der Waals surface area contributed by atoms with Crippen molar-refractivity contribution < 1.29 is 18.7 Å². The number of furan rings is 1. The van der Waals surface area contributed by atoms with Gasteiger partial charge in [-0.15, -0.1) is 5.10 Å². The fourth-order valence-corrected chi connectivity index (χ4v) is 3.42. The van der Waals surface area contributed by atoms with Crippen molar-refractivity contribution in [3.8, 4) is 17.1 Å². The summed E-state index contributed by atoms with van der Waals surface area (Å²) in [6.45, 7) is 0.928. The fourth-order valence-electron chi connectivity index (χ4n) is 3.42. The van der Waals surface area contributed by atoms with E-state index in [1.807, 2.05) is 24.3 Å². The molecule has 1 aliphatic rings. The largest absolute Gasteiger partial charge is 0.496 e. The lowest BCUT2D eigenvalue weighted by Gasteiger charge is -2.31. The Bertz CT molecular complexity index is 998. The van der Waals surface area contributed by atoms with Crippen LogP contribution in [0.15, 0.2) is 47.1 Å². The van der Waals surface area contributed by atoms with Crippen LogP contribution in [0.2, 0.25) is 0 Å². The molecule has 1 aliphatic heterocycles. The summed E-state index contributed by atoms with van der Waals surface area (Å²) in [5.41, 5.74) is 0.746.